The van der Waals surface area contributed by atoms with Crippen LogP contribution in [0.4, 0.5) is 5.69 Å². The quantitative estimate of drug-likeness (QED) is 0.322. The first-order chi connectivity index (χ1) is 8.83. The SMILES string of the molecule is Cc1cc(C(=O)NCCNS(C)(=O)=O)ccc1NN. The van der Waals surface area contributed by atoms with Gasteiger partial charge < -0.3 is 10.7 Å². The highest BCUT2D eigenvalue weighted by Crippen LogP contribution is 2.14. The predicted molar refractivity (Wildman–Crippen MR) is 74.2 cm³/mol. The van der Waals surface area contributed by atoms with E-state index in [4.69, 9.17) is 5.84 Å². The lowest BCUT2D eigenvalue weighted by molar-refractivity contribution is 0.0954. The zero-order valence-electron chi connectivity index (χ0n) is 10.9. The summed E-state index contributed by atoms with van der Waals surface area (Å²) in [7, 11) is -3.23. The first-order valence-electron chi connectivity index (χ1n) is 5.63. The third kappa shape index (κ3) is 5.25. The van der Waals surface area contributed by atoms with Crippen LogP contribution in [0.3, 0.4) is 0 Å². The summed E-state index contributed by atoms with van der Waals surface area (Å²) in [6.45, 7) is 2.21. The molecule has 0 saturated heterocycles. The number of nitrogen functional groups attached to an aromatic ring is 1. The lowest BCUT2D eigenvalue weighted by atomic mass is 10.1. The summed E-state index contributed by atoms with van der Waals surface area (Å²) in [4.78, 5) is 11.8. The molecule has 0 aliphatic rings. The summed E-state index contributed by atoms with van der Waals surface area (Å²) in [5.41, 5.74) is 4.62. The van der Waals surface area contributed by atoms with Crippen molar-refractivity contribution in [1.29, 1.82) is 0 Å². The maximum absolute atomic E-state index is 11.8. The van der Waals surface area contributed by atoms with Gasteiger partial charge in [0.1, 0.15) is 0 Å². The first kappa shape index (κ1) is 15.4. The van der Waals surface area contributed by atoms with Crippen molar-refractivity contribution in [3.05, 3.63) is 29.3 Å². The van der Waals surface area contributed by atoms with Gasteiger partial charge in [0.05, 0.1) is 11.9 Å². The smallest absolute Gasteiger partial charge is 0.251 e. The van der Waals surface area contributed by atoms with E-state index in [2.05, 4.69) is 15.5 Å². The average molecular weight is 286 g/mol. The summed E-state index contributed by atoms with van der Waals surface area (Å²) < 4.78 is 23.9. The van der Waals surface area contributed by atoms with Gasteiger partial charge in [-0.3, -0.25) is 10.6 Å². The second kappa shape index (κ2) is 6.50. The van der Waals surface area contributed by atoms with E-state index in [1.54, 1.807) is 18.2 Å². The van der Waals surface area contributed by atoms with Crippen LogP contribution in [0, 0.1) is 6.92 Å². The normalized spacial score (nSPS) is 11.1. The van der Waals surface area contributed by atoms with E-state index < -0.39 is 10.0 Å². The van der Waals surface area contributed by atoms with Gasteiger partial charge in [0.2, 0.25) is 10.0 Å². The number of hydrogen-bond donors (Lipinski definition) is 4. The summed E-state index contributed by atoms with van der Waals surface area (Å²) >= 11 is 0. The van der Waals surface area contributed by atoms with Gasteiger partial charge >= 0.3 is 0 Å². The molecule has 0 bridgehead atoms. The van der Waals surface area contributed by atoms with Crippen molar-refractivity contribution in [2.45, 2.75) is 6.92 Å². The number of amides is 1. The highest BCUT2D eigenvalue weighted by atomic mass is 32.2. The van der Waals surface area contributed by atoms with Crippen molar-refractivity contribution < 1.29 is 13.2 Å². The minimum Gasteiger partial charge on any atom is -0.351 e. The molecule has 1 aromatic carbocycles. The molecule has 0 spiro atoms. The number of sulfonamides is 1. The Labute approximate surface area is 112 Å². The van der Waals surface area contributed by atoms with Crippen LogP contribution in [0.15, 0.2) is 18.2 Å². The fraction of sp³-hybridized carbons (Fsp3) is 0.364. The van der Waals surface area contributed by atoms with E-state index in [1.165, 1.54) is 0 Å². The van der Waals surface area contributed by atoms with Gasteiger partial charge in [-0.2, -0.15) is 0 Å². The van der Waals surface area contributed by atoms with Gasteiger partial charge in [0.15, 0.2) is 0 Å². The monoisotopic (exact) mass is 286 g/mol. The van der Waals surface area contributed by atoms with E-state index in [-0.39, 0.29) is 19.0 Å². The van der Waals surface area contributed by atoms with Crippen molar-refractivity contribution in [2.24, 2.45) is 5.84 Å². The molecule has 0 atom stereocenters. The Morgan fingerprint density at radius 2 is 2.00 bits per heavy atom. The minimum atomic E-state index is -3.23. The van der Waals surface area contributed by atoms with Crippen molar-refractivity contribution in [3.63, 3.8) is 0 Å². The van der Waals surface area contributed by atoms with Crippen molar-refractivity contribution in [2.75, 3.05) is 24.8 Å². The molecule has 5 N–H and O–H groups in total. The van der Waals surface area contributed by atoms with Crippen LogP contribution in [0.1, 0.15) is 15.9 Å². The van der Waals surface area contributed by atoms with Crippen molar-refractivity contribution >= 4 is 21.6 Å². The lowest BCUT2D eigenvalue weighted by Gasteiger charge is -2.09. The van der Waals surface area contributed by atoms with E-state index in [1.807, 2.05) is 6.92 Å². The second-order valence-corrected chi connectivity index (χ2v) is 5.93. The Hall–Kier alpha value is -1.64. The van der Waals surface area contributed by atoms with Crippen LogP contribution in [-0.4, -0.2) is 33.7 Å². The summed E-state index contributed by atoms with van der Waals surface area (Å²) in [5, 5.41) is 2.62. The lowest BCUT2D eigenvalue weighted by Crippen LogP contribution is -2.34. The van der Waals surface area contributed by atoms with Gasteiger partial charge in [-0.1, -0.05) is 0 Å². The number of nitrogens with one attached hydrogen (secondary N) is 3. The van der Waals surface area contributed by atoms with Gasteiger partial charge in [0.25, 0.3) is 5.91 Å². The molecule has 19 heavy (non-hydrogen) atoms. The minimum absolute atomic E-state index is 0.159. The number of carbonyl (C=O) groups is 1. The molecule has 0 fully saturated rings. The molecule has 0 heterocycles. The van der Waals surface area contributed by atoms with Crippen molar-refractivity contribution in [3.8, 4) is 0 Å². The Morgan fingerprint density at radius 3 is 2.53 bits per heavy atom. The first-order valence-corrected chi connectivity index (χ1v) is 7.53. The average Bonchev–Trinajstić information content (AvgIpc) is 2.33. The molecule has 0 aromatic heterocycles. The van der Waals surface area contributed by atoms with Crippen molar-refractivity contribution in [1.82, 2.24) is 10.0 Å². The molecule has 0 saturated carbocycles. The largest absolute Gasteiger partial charge is 0.351 e. The standard InChI is InChI=1S/C11H18N4O3S/c1-8-7-9(3-4-10(8)15-12)11(16)13-5-6-14-19(2,17)18/h3-4,7,14-15H,5-6,12H2,1-2H3,(H,13,16). The summed E-state index contributed by atoms with van der Waals surface area (Å²) in [6, 6.07) is 5.05. The number of hydrazine groups is 1. The Bertz CT molecular complexity index is 557. The molecular formula is C11H18N4O3S. The molecule has 7 nitrogen and oxygen atoms in total. The van der Waals surface area contributed by atoms with Crippen LogP contribution < -0.4 is 21.3 Å². The van der Waals surface area contributed by atoms with Crippen LogP contribution in [-0.2, 0) is 10.0 Å². The zero-order valence-corrected chi connectivity index (χ0v) is 11.7. The number of anilines is 1. The zero-order chi connectivity index (χ0) is 14.5. The van der Waals surface area contributed by atoms with Gasteiger partial charge in [0, 0.05) is 18.7 Å². The number of carbonyl (C=O) groups excluding carboxylic acids is 1. The van der Waals surface area contributed by atoms with E-state index in [9.17, 15) is 13.2 Å². The number of aryl methyl sites for hydroxylation is 1. The molecule has 0 aliphatic carbocycles. The summed E-state index contributed by atoms with van der Waals surface area (Å²) in [5.74, 6) is 5.04. The third-order valence-corrected chi connectivity index (χ3v) is 3.15. The predicted octanol–water partition coefficient (Wildman–Crippen LogP) is -0.440. The Morgan fingerprint density at radius 1 is 1.32 bits per heavy atom. The molecule has 0 unspecified atom stereocenters. The number of hydrogen-bond acceptors (Lipinski definition) is 5. The maximum atomic E-state index is 11.8. The molecule has 0 aliphatic heterocycles. The van der Waals surface area contributed by atoms with Gasteiger partial charge in [-0.15, -0.1) is 0 Å². The second-order valence-electron chi connectivity index (χ2n) is 4.10. The molecule has 1 amide bonds. The van der Waals surface area contributed by atoms with Crippen LogP contribution in [0.5, 0.6) is 0 Å². The summed E-state index contributed by atoms with van der Waals surface area (Å²) in [6.07, 6.45) is 1.07. The van der Waals surface area contributed by atoms with Crippen LogP contribution in [0.25, 0.3) is 0 Å². The molecule has 8 heteroatoms. The van der Waals surface area contributed by atoms with E-state index >= 15 is 0 Å². The fourth-order valence-corrected chi connectivity index (χ4v) is 1.95. The Balaban J connectivity index is 2.52. The van der Waals surface area contributed by atoms with E-state index in [0.717, 1.165) is 17.5 Å². The van der Waals surface area contributed by atoms with E-state index in [0.29, 0.717) is 5.56 Å². The maximum Gasteiger partial charge on any atom is 0.251 e. The highest BCUT2D eigenvalue weighted by molar-refractivity contribution is 7.88. The number of rotatable bonds is 6. The number of benzene rings is 1. The molecule has 0 radical (unpaired) electrons. The fourth-order valence-electron chi connectivity index (χ4n) is 1.48. The third-order valence-electron chi connectivity index (χ3n) is 2.42. The highest BCUT2D eigenvalue weighted by Gasteiger charge is 2.07. The molecule has 1 aromatic rings. The molecule has 1 rings (SSSR count). The van der Waals surface area contributed by atoms with Gasteiger partial charge in [-0.25, -0.2) is 13.1 Å². The van der Waals surface area contributed by atoms with Crippen LogP contribution in [0.2, 0.25) is 0 Å². The number of nitrogens with two attached hydrogens (primary N) is 1. The molecular weight excluding hydrogens is 268 g/mol. The molecule has 106 valence electrons. The Kier molecular flexibility index (Phi) is 5.28. The van der Waals surface area contributed by atoms with Crippen LogP contribution >= 0.6 is 0 Å². The topological polar surface area (TPSA) is 113 Å². The van der Waals surface area contributed by atoms with Gasteiger partial charge in [-0.05, 0) is 30.7 Å².